The van der Waals surface area contributed by atoms with Crippen LogP contribution in [0.5, 0.6) is 0 Å². The predicted octanol–water partition coefficient (Wildman–Crippen LogP) is 6.62. The van der Waals surface area contributed by atoms with Gasteiger partial charge in [0.2, 0.25) is 0 Å². The van der Waals surface area contributed by atoms with Crippen molar-refractivity contribution in [1.82, 2.24) is 0 Å². The smallest absolute Gasteiger partial charge is 0.268 e. The number of phosphoric acid groups is 1. The molecule has 0 spiro atoms. The van der Waals surface area contributed by atoms with E-state index in [0.717, 1.165) is 19.3 Å². The largest absolute Gasteiger partial charge is 0.756 e. The van der Waals surface area contributed by atoms with Crippen LogP contribution < -0.4 is 4.89 Å². The third kappa shape index (κ3) is 24.1. The van der Waals surface area contributed by atoms with Gasteiger partial charge >= 0.3 is 0 Å². The molecule has 0 aromatic carbocycles. The molecule has 30 heavy (non-hydrogen) atoms. The van der Waals surface area contributed by atoms with Crippen molar-refractivity contribution >= 4 is 7.82 Å². The van der Waals surface area contributed by atoms with Gasteiger partial charge in [-0.2, -0.15) is 0 Å². The van der Waals surface area contributed by atoms with Gasteiger partial charge in [0.1, 0.15) is 13.2 Å². The molecule has 0 saturated heterocycles. The van der Waals surface area contributed by atoms with Crippen molar-refractivity contribution in [3.63, 3.8) is 0 Å². The number of unbranched alkanes of at least 4 members (excludes halogenated alkanes) is 15. The van der Waals surface area contributed by atoms with Crippen molar-refractivity contribution in [2.45, 2.75) is 103 Å². The molecular formula is C24H50NO4P. The summed E-state index contributed by atoms with van der Waals surface area (Å²) in [6.45, 7) is 4.80. The molecule has 0 aromatic rings. The zero-order valence-electron chi connectivity index (χ0n) is 20.2. The molecule has 0 aliphatic carbocycles. The van der Waals surface area contributed by atoms with E-state index < -0.39 is 7.82 Å². The first kappa shape index (κ1) is 29.8. The molecule has 0 aliphatic heterocycles. The van der Waals surface area contributed by atoms with Gasteiger partial charge in [-0.3, -0.25) is 4.57 Å². The first-order chi connectivity index (χ1) is 14.3. The van der Waals surface area contributed by atoms with Crippen LogP contribution in [-0.4, -0.2) is 45.4 Å². The van der Waals surface area contributed by atoms with E-state index in [4.69, 9.17) is 9.05 Å². The van der Waals surface area contributed by atoms with Gasteiger partial charge in [0.05, 0.1) is 27.7 Å². The Morgan fingerprint density at radius 2 is 1.07 bits per heavy atom. The van der Waals surface area contributed by atoms with E-state index in [2.05, 4.69) is 6.58 Å². The first-order valence-electron chi connectivity index (χ1n) is 12.3. The van der Waals surface area contributed by atoms with Crippen LogP contribution in [0.25, 0.3) is 0 Å². The Morgan fingerprint density at radius 3 is 1.47 bits per heavy atom. The number of rotatable bonds is 23. The molecular weight excluding hydrogens is 397 g/mol. The summed E-state index contributed by atoms with van der Waals surface area (Å²) in [5.41, 5.74) is 0. The van der Waals surface area contributed by atoms with E-state index in [1.165, 1.54) is 83.5 Å². The second-order valence-electron chi connectivity index (χ2n) is 9.51. The molecule has 1 atom stereocenters. The number of hydrogen-bond acceptors (Lipinski definition) is 4. The van der Waals surface area contributed by atoms with Gasteiger partial charge in [-0.15, -0.1) is 6.58 Å². The summed E-state index contributed by atoms with van der Waals surface area (Å²) in [7, 11) is 1.85. The van der Waals surface area contributed by atoms with Crippen molar-refractivity contribution in [2.24, 2.45) is 0 Å². The topological polar surface area (TPSA) is 58.6 Å². The number of hydrogen-bond donors (Lipinski definition) is 0. The molecule has 1 unspecified atom stereocenters. The maximum atomic E-state index is 11.7. The molecule has 0 amide bonds. The van der Waals surface area contributed by atoms with Crippen LogP contribution in [0.2, 0.25) is 0 Å². The van der Waals surface area contributed by atoms with Crippen LogP contribution in [0.15, 0.2) is 12.7 Å². The summed E-state index contributed by atoms with van der Waals surface area (Å²) in [5, 5.41) is 0. The van der Waals surface area contributed by atoms with Crippen LogP contribution in [0.4, 0.5) is 0 Å². The van der Waals surface area contributed by atoms with Gasteiger partial charge in [0.25, 0.3) is 7.82 Å². The van der Waals surface area contributed by atoms with Crippen LogP contribution in [-0.2, 0) is 13.6 Å². The Kier molecular flexibility index (Phi) is 19.4. The third-order valence-corrected chi connectivity index (χ3v) is 6.31. The Bertz CT molecular complexity index is 437. The van der Waals surface area contributed by atoms with E-state index in [9.17, 15) is 9.46 Å². The predicted molar refractivity (Wildman–Crippen MR) is 126 cm³/mol. The average Bonchev–Trinajstić information content (AvgIpc) is 2.65. The van der Waals surface area contributed by atoms with Crippen molar-refractivity contribution in [2.75, 3.05) is 40.9 Å². The standard InChI is InChI=1S/C24H50NO4P/c1-5-6-7-8-9-10-11-12-13-14-15-16-17-18-19-20-21-23-28-30(26,27)29-24-22-25(2,3)4/h5H,1,6-24H2,2-4H3. The minimum absolute atomic E-state index is 0.167. The lowest BCUT2D eigenvalue weighted by molar-refractivity contribution is -0.870. The molecule has 0 aromatic heterocycles. The van der Waals surface area contributed by atoms with Crippen LogP contribution in [0, 0.1) is 0 Å². The zero-order chi connectivity index (χ0) is 22.6. The van der Waals surface area contributed by atoms with Gasteiger partial charge in [-0.05, 0) is 19.3 Å². The molecule has 180 valence electrons. The monoisotopic (exact) mass is 447 g/mol. The fraction of sp³-hybridized carbons (Fsp3) is 0.917. The molecule has 6 heteroatoms. The summed E-state index contributed by atoms with van der Waals surface area (Å²) in [6.07, 6.45) is 22.3. The minimum Gasteiger partial charge on any atom is -0.756 e. The first-order valence-corrected chi connectivity index (χ1v) is 13.7. The second kappa shape index (κ2) is 19.5. The lowest BCUT2D eigenvalue weighted by Crippen LogP contribution is -2.37. The van der Waals surface area contributed by atoms with E-state index in [1.54, 1.807) is 0 Å². The van der Waals surface area contributed by atoms with Gasteiger partial charge in [0, 0.05) is 0 Å². The quantitative estimate of drug-likeness (QED) is 0.0764. The highest BCUT2D eigenvalue weighted by Crippen LogP contribution is 2.38. The van der Waals surface area contributed by atoms with Crippen LogP contribution in [0.3, 0.4) is 0 Å². The van der Waals surface area contributed by atoms with Crippen molar-refractivity contribution < 1.29 is 23.0 Å². The molecule has 0 fully saturated rings. The molecule has 0 heterocycles. The lowest BCUT2D eigenvalue weighted by atomic mass is 10.0. The lowest BCUT2D eigenvalue weighted by Gasteiger charge is -2.27. The van der Waals surface area contributed by atoms with E-state index >= 15 is 0 Å². The van der Waals surface area contributed by atoms with Gasteiger partial charge in [-0.1, -0.05) is 89.5 Å². The highest BCUT2D eigenvalue weighted by atomic mass is 31.2. The Balaban J connectivity index is 3.27. The molecule has 0 saturated carbocycles. The molecule has 0 radical (unpaired) electrons. The summed E-state index contributed by atoms with van der Waals surface area (Å²) in [6, 6.07) is 0. The fourth-order valence-corrected chi connectivity index (χ4v) is 4.06. The zero-order valence-corrected chi connectivity index (χ0v) is 21.1. The molecule has 0 N–H and O–H groups in total. The maximum absolute atomic E-state index is 11.7. The van der Waals surface area contributed by atoms with Gasteiger partial charge in [0.15, 0.2) is 0 Å². The number of likely N-dealkylation sites (N-methyl/N-ethyl adjacent to an activating group) is 1. The molecule has 0 bridgehead atoms. The van der Waals surface area contributed by atoms with Crippen molar-refractivity contribution in [3.8, 4) is 0 Å². The number of allylic oxidation sites excluding steroid dienone is 1. The summed E-state index contributed by atoms with van der Waals surface area (Å²) in [4.78, 5) is 11.7. The summed E-state index contributed by atoms with van der Waals surface area (Å²) in [5.74, 6) is 0. The Labute approximate surface area is 187 Å². The van der Waals surface area contributed by atoms with Crippen LogP contribution in [0.1, 0.15) is 103 Å². The molecule has 0 rings (SSSR count). The third-order valence-electron chi connectivity index (χ3n) is 5.31. The number of quaternary nitrogens is 1. The van der Waals surface area contributed by atoms with E-state index in [1.807, 2.05) is 27.2 Å². The molecule has 0 aliphatic rings. The maximum Gasteiger partial charge on any atom is 0.268 e. The Hall–Kier alpha value is -0.190. The minimum atomic E-state index is -4.13. The second-order valence-corrected chi connectivity index (χ2v) is 10.9. The van der Waals surface area contributed by atoms with Gasteiger partial charge in [-0.25, -0.2) is 0 Å². The van der Waals surface area contributed by atoms with Crippen molar-refractivity contribution in [3.05, 3.63) is 12.7 Å². The fourth-order valence-electron chi connectivity index (χ4n) is 3.33. The van der Waals surface area contributed by atoms with E-state index in [-0.39, 0.29) is 13.2 Å². The van der Waals surface area contributed by atoms with Gasteiger partial charge < -0.3 is 18.4 Å². The Morgan fingerprint density at radius 1 is 0.700 bits per heavy atom. The van der Waals surface area contributed by atoms with E-state index in [0.29, 0.717) is 11.0 Å². The van der Waals surface area contributed by atoms with Crippen LogP contribution >= 0.6 is 7.82 Å². The average molecular weight is 448 g/mol. The number of nitrogens with zero attached hydrogens (tertiary/aromatic N) is 1. The van der Waals surface area contributed by atoms with Crippen molar-refractivity contribution in [1.29, 1.82) is 0 Å². The summed E-state index contributed by atoms with van der Waals surface area (Å²) >= 11 is 0. The highest BCUT2D eigenvalue weighted by Gasteiger charge is 2.12. The number of phosphoric ester groups is 1. The highest BCUT2D eigenvalue weighted by molar-refractivity contribution is 7.45. The summed E-state index contributed by atoms with van der Waals surface area (Å²) < 4.78 is 22.2. The normalized spacial score (nSPS) is 14.0. The molecule has 5 nitrogen and oxygen atoms in total. The SMILES string of the molecule is C=CCCCCCCCCCCCCCCCCCOP(=O)([O-])OCC[N+](C)(C)C.